The fourth-order valence-electron chi connectivity index (χ4n) is 2.79. The second-order valence-electron chi connectivity index (χ2n) is 5.95. The summed E-state index contributed by atoms with van der Waals surface area (Å²) < 4.78 is 6.44. The van der Waals surface area contributed by atoms with Crippen LogP contribution in [-0.2, 0) is 29.0 Å². The molecule has 26 heavy (non-hydrogen) atoms. The molecule has 0 atom stereocenters. The fourth-order valence-corrected chi connectivity index (χ4v) is 2.79. The van der Waals surface area contributed by atoms with Crippen LogP contribution in [0.15, 0.2) is 59.4 Å². The van der Waals surface area contributed by atoms with Gasteiger partial charge in [-0.15, -0.1) is 0 Å². The number of ether oxygens (including phenoxy) is 1. The summed E-state index contributed by atoms with van der Waals surface area (Å²) in [7, 11) is 1.58. The molecular formula is C20H21N3O3. The zero-order valence-electron chi connectivity index (χ0n) is 14.6. The molecular weight excluding hydrogens is 330 g/mol. The van der Waals surface area contributed by atoms with E-state index in [1.54, 1.807) is 13.2 Å². The molecule has 134 valence electrons. The standard InChI is InChI=1S/C20H21N3O3/c1-26-12-11-23-20(25)17-10-6-5-9-16(17)18(22-23)14-21-19(24)13-15-7-3-2-4-8-15/h2-10H,11-14H2,1H3,(H,21,24). The van der Waals surface area contributed by atoms with Crippen molar-refractivity contribution in [3.63, 3.8) is 0 Å². The first-order valence-corrected chi connectivity index (χ1v) is 8.47. The zero-order chi connectivity index (χ0) is 18.4. The topological polar surface area (TPSA) is 73.2 Å². The van der Waals surface area contributed by atoms with Crippen LogP contribution in [0.25, 0.3) is 10.8 Å². The summed E-state index contributed by atoms with van der Waals surface area (Å²) in [6.07, 6.45) is 0.308. The van der Waals surface area contributed by atoms with E-state index in [0.717, 1.165) is 10.9 Å². The van der Waals surface area contributed by atoms with Crippen LogP contribution in [0.4, 0.5) is 0 Å². The maximum Gasteiger partial charge on any atom is 0.274 e. The van der Waals surface area contributed by atoms with Gasteiger partial charge in [0.15, 0.2) is 0 Å². The van der Waals surface area contributed by atoms with E-state index >= 15 is 0 Å². The SMILES string of the molecule is COCCn1nc(CNC(=O)Cc2ccccc2)c2ccccc2c1=O. The largest absolute Gasteiger partial charge is 0.383 e. The Morgan fingerprint density at radius 3 is 2.50 bits per heavy atom. The molecule has 1 aromatic heterocycles. The Balaban J connectivity index is 1.81. The Labute approximate surface area is 151 Å². The normalized spacial score (nSPS) is 10.8. The summed E-state index contributed by atoms with van der Waals surface area (Å²) in [6, 6.07) is 16.9. The van der Waals surface area contributed by atoms with Gasteiger partial charge in [-0.25, -0.2) is 4.68 Å². The van der Waals surface area contributed by atoms with Crippen molar-refractivity contribution in [2.24, 2.45) is 0 Å². The highest BCUT2D eigenvalue weighted by Crippen LogP contribution is 2.13. The van der Waals surface area contributed by atoms with Crippen LogP contribution in [0.3, 0.4) is 0 Å². The molecule has 1 heterocycles. The quantitative estimate of drug-likeness (QED) is 0.706. The maximum absolute atomic E-state index is 12.5. The Bertz CT molecular complexity index is 951. The monoisotopic (exact) mass is 351 g/mol. The number of rotatable bonds is 7. The van der Waals surface area contributed by atoms with Crippen molar-refractivity contribution >= 4 is 16.7 Å². The van der Waals surface area contributed by atoms with E-state index in [4.69, 9.17) is 4.74 Å². The van der Waals surface area contributed by atoms with Crippen molar-refractivity contribution in [2.45, 2.75) is 19.5 Å². The molecule has 1 N–H and O–H groups in total. The second kappa shape index (κ2) is 8.40. The highest BCUT2D eigenvalue weighted by molar-refractivity contribution is 5.84. The lowest BCUT2D eigenvalue weighted by Crippen LogP contribution is -2.30. The van der Waals surface area contributed by atoms with Gasteiger partial charge in [0.25, 0.3) is 5.56 Å². The first-order valence-electron chi connectivity index (χ1n) is 8.47. The number of amides is 1. The van der Waals surface area contributed by atoms with Gasteiger partial charge < -0.3 is 10.1 Å². The first-order chi connectivity index (χ1) is 12.7. The van der Waals surface area contributed by atoms with Gasteiger partial charge in [-0.2, -0.15) is 5.10 Å². The molecule has 1 amide bonds. The molecule has 0 aliphatic rings. The third-order valence-electron chi connectivity index (χ3n) is 4.11. The van der Waals surface area contributed by atoms with Gasteiger partial charge in [0.05, 0.1) is 37.2 Å². The summed E-state index contributed by atoms with van der Waals surface area (Å²) in [5.74, 6) is -0.0864. The Hall–Kier alpha value is -2.99. The van der Waals surface area contributed by atoms with Gasteiger partial charge >= 0.3 is 0 Å². The summed E-state index contributed by atoms with van der Waals surface area (Å²) in [4.78, 5) is 24.7. The average Bonchev–Trinajstić information content (AvgIpc) is 2.67. The molecule has 0 saturated heterocycles. The van der Waals surface area contributed by atoms with Gasteiger partial charge in [0.1, 0.15) is 0 Å². The number of carbonyl (C=O) groups excluding carboxylic acids is 1. The fraction of sp³-hybridized carbons (Fsp3) is 0.250. The van der Waals surface area contributed by atoms with Crippen molar-refractivity contribution in [3.05, 3.63) is 76.2 Å². The highest BCUT2D eigenvalue weighted by Gasteiger charge is 2.11. The Morgan fingerprint density at radius 2 is 1.77 bits per heavy atom. The van der Waals surface area contributed by atoms with Crippen LogP contribution >= 0.6 is 0 Å². The predicted molar refractivity (Wildman–Crippen MR) is 99.9 cm³/mol. The average molecular weight is 351 g/mol. The van der Waals surface area contributed by atoms with Crippen LogP contribution in [0, 0.1) is 0 Å². The number of nitrogens with one attached hydrogen (secondary N) is 1. The lowest BCUT2D eigenvalue weighted by atomic mass is 10.1. The molecule has 0 bridgehead atoms. The van der Waals surface area contributed by atoms with Crippen LogP contribution in [0.5, 0.6) is 0 Å². The van der Waals surface area contributed by atoms with Crippen LogP contribution in [0.1, 0.15) is 11.3 Å². The van der Waals surface area contributed by atoms with E-state index in [2.05, 4.69) is 10.4 Å². The minimum atomic E-state index is -0.156. The minimum Gasteiger partial charge on any atom is -0.383 e. The van der Waals surface area contributed by atoms with Crippen molar-refractivity contribution in [1.29, 1.82) is 0 Å². The van der Waals surface area contributed by atoms with Crippen molar-refractivity contribution < 1.29 is 9.53 Å². The molecule has 0 radical (unpaired) electrons. The van der Waals surface area contributed by atoms with Gasteiger partial charge in [0.2, 0.25) is 5.91 Å². The molecule has 0 spiro atoms. The number of nitrogens with zero attached hydrogens (tertiary/aromatic N) is 2. The molecule has 6 nitrogen and oxygen atoms in total. The minimum absolute atomic E-state index is 0.0864. The van der Waals surface area contributed by atoms with E-state index in [0.29, 0.717) is 30.7 Å². The number of fused-ring (bicyclic) bond motifs is 1. The Morgan fingerprint density at radius 1 is 1.08 bits per heavy atom. The number of aromatic nitrogens is 2. The predicted octanol–water partition coefficient (Wildman–Crippen LogP) is 1.90. The summed E-state index contributed by atoms with van der Waals surface area (Å²) in [5.41, 5.74) is 1.46. The summed E-state index contributed by atoms with van der Waals surface area (Å²) in [6.45, 7) is 1.02. The second-order valence-corrected chi connectivity index (χ2v) is 5.95. The number of benzene rings is 2. The van der Waals surface area contributed by atoms with Crippen LogP contribution < -0.4 is 10.9 Å². The van der Waals surface area contributed by atoms with E-state index in [9.17, 15) is 9.59 Å². The highest BCUT2D eigenvalue weighted by atomic mass is 16.5. The summed E-state index contributed by atoms with van der Waals surface area (Å²) >= 11 is 0. The molecule has 2 aromatic carbocycles. The molecule has 0 aliphatic heterocycles. The number of carbonyl (C=O) groups is 1. The van der Waals surface area contributed by atoms with Gasteiger partial charge in [-0.1, -0.05) is 48.5 Å². The lowest BCUT2D eigenvalue weighted by molar-refractivity contribution is -0.120. The van der Waals surface area contributed by atoms with E-state index < -0.39 is 0 Å². The van der Waals surface area contributed by atoms with Gasteiger partial charge in [-0.3, -0.25) is 9.59 Å². The zero-order valence-corrected chi connectivity index (χ0v) is 14.6. The molecule has 6 heteroatoms. The van der Waals surface area contributed by atoms with Crippen molar-refractivity contribution in [1.82, 2.24) is 15.1 Å². The Kier molecular flexibility index (Phi) is 5.76. The summed E-state index contributed by atoms with van der Waals surface area (Å²) in [5, 5.41) is 8.67. The smallest absolute Gasteiger partial charge is 0.274 e. The first kappa shape index (κ1) is 17.8. The number of hydrogen-bond donors (Lipinski definition) is 1. The van der Waals surface area contributed by atoms with Gasteiger partial charge in [0, 0.05) is 12.5 Å². The lowest BCUT2D eigenvalue weighted by Gasteiger charge is -2.11. The van der Waals surface area contributed by atoms with Crippen LogP contribution in [0.2, 0.25) is 0 Å². The van der Waals surface area contributed by atoms with E-state index in [1.807, 2.05) is 48.5 Å². The van der Waals surface area contributed by atoms with E-state index in [1.165, 1.54) is 4.68 Å². The molecule has 0 fully saturated rings. The van der Waals surface area contributed by atoms with Crippen LogP contribution in [-0.4, -0.2) is 29.4 Å². The third-order valence-corrected chi connectivity index (χ3v) is 4.11. The van der Waals surface area contributed by atoms with Gasteiger partial charge in [-0.05, 0) is 11.6 Å². The number of hydrogen-bond acceptors (Lipinski definition) is 4. The molecule has 3 aromatic rings. The molecule has 3 rings (SSSR count). The number of methoxy groups -OCH3 is 1. The third kappa shape index (κ3) is 4.15. The van der Waals surface area contributed by atoms with Crippen molar-refractivity contribution in [2.75, 3.05) is 13.7 Å². The van der Waals surface area contributed by atoms with E-state index in [-0.39, 0.29) is 18.0 Å². The molecule has 0 aliphatic carbocycles. The molecule has 0 unspecified atom stereocenters. The van der Waals surface area contributed by atoms with Crippen molar-refractivity contribution in [3.8, 4) is 0 Å². The molecule has 0 saturated carbocycles. The maximum atomic E-state index is 12.5.